The number of Topliss-reactive ketones (excluding diaryl/α,β-unsaturated/α-hetero) is 1. The molecule has 0 amide bonds. The van der Waals surface area contributed by atoms with Gasteiger partial charge in [0.1, 0.15) is 11.5 Å². The second-order valence-corrected chi connectivity index (χ2v) is 4.92. The lowest BCUT2D eigenvalue weighted by molar-refractivity contribution is -0.135. The summed E-state index contributed by atoms with van der Waals surface area (Å²) in [5.74, 6) is -0.437. The van der Waals surface area contributed by atoms with Crippen molar-refractivity contribution in [2.75, 3.05) is 0 Å². The summed E-state index contributed by atoms with van der Waals surface area (Å²) in [5, 5.41) is 8.77. The van der Waals surface area contributed by atoms with Gasteiger partial charge in [0.2, 0.25) is 0 Å². The molecule has 4 nitrogen and oxygen atoms in total. The van der Waals surface area contributed by atoms with Crippen LogP contribution in [-0.2, 0) is 4.79 Å². The van der Waals surface area contributed by atoms with Gasteiger partial charge in [-0.25, -0.2) is 0 Å². The SMILES string of the molecule is O=C(O)C(Br)C(=O)c1ccc(Oc2ccccc2)cc1. The summed E-state index contributed by atoms with van der Waals surface area (Å²) in [4.78, 5) is 21.3. The summed E-state index contributed by atoms with van der Waals surface area (Å²) in [5.41, 5.74) is 0.315. The van der Waals surface area contributed by atoms with Crippen molar-refractivity contribution in [3.8, 4) is 11.5 Å². The number of carboxylic acid groups (broad SMARTS) is 1. The number of benzene rings is 2. The number of carboxylic acids is 1. The van der Waals surface area contributed by atoms with E-state index in [1.165, 1.54) is 12.1 Å². The number of carbonyl (C=O) groups is 2. The number of rotatable bonds is 5. The normalized spacial score (nSPS) is 11.7. The average Bonchev–Trinajstić information content (AvgIpc) is 2.47. The van der Waals surface area contributed by atoms with E-state index in [9.17, 15) is 9.59 Å². The Bertz CT molecular complexity index is 608. The maximum atomic E-state index is 11.8. The first kappa shape index (κ1) is 14.3. The van der Waals surface area contributed by atoms with E-state index in [2.05, 4.69) is 15.9 Å². The molecule has 0 aliphatic heterocycles. The third-order valence-corrected chi connectivity index (χ3v) is 3.37. The third-order valence-electron chi connectivity index (χ3n) is 2.56. The molecule has 1 N–H and O–H groups in total. The lowest BCUT2D eigenvalue weighted by Gasteiger charge is -2.07. The van der Waals surface area contributed by atoms with E-state index < -0.39 is 16.6 Å². The van der Waals surface area contributed by atoms with Gasteiger partial charge in [0.15, 0.2) is 10.6 Å². The Morgan fingerprint density at radius 1 is 0.950 bits per heavy atom. The van der Waals surface area contributed by atoms with E-state index in [-0.39, 0.29) is 0 Å². The molecule has 1 atom stereocenters. The number of hydrogen-bond acceptors (Lipinski definition) is 3. The number of para-hydroxylation sites is 1. The van der Waals surface area contributed by atoms with Gasteiger partial charge in [-0.1, -0.05) is 34.1 Å². The number of ether oxygens (including phenoxy) is 1. The first-order valence-electron chi connectivity index (χ1n) is 5.82. The summed E-state index contributed by atoms with van der Waals surface area (Å²) in [7, 11) is 0. The zero-order valence-corrected chi connectivity index (χ0v) is 11.9. The fourth-order valence-corrected chi connectivity index (χ4v) is 1.83. The Hall–Kier alpha value is -2.14. The van der Waals surface area contributed by atoms with E-state index in [1.807, 2.05) is 30.3 Å². The molecule has 2 rings (SSSR count). The molecule has 1 unspecified atom stereocenters. The van der Waals surface area contributed by atoms with Crippen LogP contribution in [0.1, 0.15) is 10.4 Å². The second kappa shape index (κ2) is 6.34. The van der Waals surface area contributed by atoms with Gasteiger partial charge < -0.3 is 9.84 Å². The standard InChI is InChI=1S/C15H11BrO4/c16-13(15(18)19)14(17)10-6-8-12(9-7-10)20-11-4-2-1-3-5-11/h1-9,13H,(H,18,19). The molecular formula is C15H11BrO4. The van der Waals surface area contributed by atoms with Gasteiger partial charge in [-0.2, -0.15) is 0 Å². The maximum Gasteiger partial charge on any atom is 0.325 e. The number of hydrogen-bond donors (Lipinski definition) is 1. The van der Waals surface area contributed by atoms with Gasteiger partial charge in [0.05, 0.1) is 0 Å². The first-order chi connectivity index (χ1) is 9.58. The van der Waals surface area contributed by atoms with Crippen molar-refractivity contribution < 1.29 is 19.4 Å². The molecule has 0 radical (unpaired) electrons. The second-order valence-electron chi connectivity index (χ2n) is 4.00. The minimum atomic E-state index is -1.23. The van der Waals surface area contributed by atoms with Crippen LogP contribution in [0.5, 0.6) is 11.5 Å². The molecule has 0 fully saturated rings. The van der Waals surface area contributed by atoms with E-state index in [0.717, 1.165) is 0 Å². The zero-order chi connectivity index (χ0) is 14.5. The molecule has 2 aromatic rings. The van der Waals surface area contributed by atoms with E-state index in [4.69, 9.17) is 9.84 Å². The molecular weight excluding hydrogens is 324 g/mol. The predicted octanol–water partition coefficient (Wildman–Crippen LogP) is 3.51. The van der Waals surface area contributed by atoms with Crippen LogP contribution in [0.15, 0.2) is 54.6 Å². The number of carbonyl (C=O) groups excluding carboxylic acids is 1. The van der Waals surface area contributed by atoms with Crippen molar-refractivity contribution in [3.05, 3.63) is 60.2 Å². The van der Waals surface area contributed by atoms with Gasteiger partial charge in [0, 0.05) is 5.56 Å². The predicted molar refractivity (Wildman–Crippen MR) is 77.6 cm³/mol. The smallest absolute Gasteiger partial charge is 0.325 e. The average molecular weight is 335 g/mol. The molecule has 0 spiro atoms. The van der Waals surface area contributed by atoms with Crippen LogP contribution in [0, 0.1) is 0 Å². The molecule has 0 saturated heterocycles. The number of aliphatic carboxylic acids is 1. The van der Waals surface area contributed by atoms with Gasteiger partial charge in [-0.3, -0.25) is 9.59 Å². The fourth-order valence-electron chi connectivity index (χ4n) is 1.57. The topological polar surface area (TPSA) is 63.6 Å². The van der Waals surface area contributed by atoms with Crippen LogP contribution < -0.4 is 4.74 Å². The highest BCUT2D eigenvalue weighted by atomic mass is 79.9. The van der Waals surface area contributed by atoms with Crippen molar-refractivity contribution in [2.24, 2.45) is 0 Å². The third kappa shape index (κ3) is 3.45. The monoisotopic (exact) mass is 334 g/mol. The Kier molecular flexibility index (Phi) is 4.53. The summed E-state index contributed by atoms with van der Waals surface area (Å²) in [6.07, 6.45) is 0. The highest BCUT2D eigenvalue weighted by molar-refractivity contribution is 9.10. The largest absolute Gasteiger partial charge is 0.480 e. The Balaban J connectivity index is 2.10. The quantitative estimate of drug-likeness (QED) is 0.516. The zero-order valence-electron chi connectivity index (χ0n) is 10.3. The molecule has 0 aliphatic carbocycles. The van der Waals surface area contributed by atoms with E-state index in [1.54, 1.807) is 12.1 Å². The lowest BCUT2D eigenvalue weighted by Crippen LogP contribution is -2.23. The van der Waals surface area contributed by atoms with Gasteiger partial charge >= 0.3 is 5.97 Å². The van der Waals surface area contributed by atoms with Crippen molar-refractivity contribution in [1.82, 2.24) is 0 Å². The highest BCUT2D eigenvalue weighted by Gasteiger charge is 2.23. The highest BCUT2D eigenvalue weighted by Crippen LogP contribution is 2.22. The first-order valence-corrected chi connectivity index (χ1v) is 6.73. The van der Waals surface area contributed by atoms with E-state index >= 15 is 0 Å². The molecule has 0 aliphatic rings. The molecule has 0 heterocycles. The molecule has 2 aromatic carbocycles. The summed E-state index contributed by atoms with van der Waals surface area (Å²) < 4.78 is 5.58. The Morgan fingerprint density at radius 2 is 1.50 bits per heavy atom. The van der Waals surface area contributed by atoms with Crippen molar-refractivity contribution >= 4 is 27.7 Å². The Labute approximate surface area is 124 Å². The molecule has 0 bridgehead atoms. The van der Waals surface area contributed by atoms with Gasteiger partial charge in [-0.05, 0) is 36.4 Å². The van der Waals surface area contributed by atoms with Crippen molar-refractivity contribution in [3.63, 3.8) is 0 Å². The van der Waals surface area contributed by atoms with E-state index in [0.29, 0.717) is 17.1 Å². The van der Waals surface area contributed by atoms with Crippen LogP contribution in [-0.4, -0.2) is 21.7 Å². The number of halogens is 1. The lowest BCUT2D eigenvalue weighted by atomic mass is 10.1. The van der Waals surface area contributed by atoms with Gasteiger partial charge in [0.25, 0.3) is 0 Å². The number of alkyl halides is 1. The van der Waals surface area contributed by atoms with Crippen LogP contribution in [0.4, 0.5) is 0 Å². The number of ketones is 1. The molecule has 20 heavy (non-hydrogen) atoms. The maximum absolute atomic E-state index is 11.8. The summed E-state index contributed by atoms with van der Waals surface area (Å²) >= 11 is 2.84. The molecule has 0 aromatic heterocycles. The summed E-state index contributed by atoms with van der Waals surface area (Å²) in [6.45, 7) is 0. The minimum Gasteiger partial charge on any atom is -0.480 e. The van der Waals surface area contributed by atoms with Gasteiger partial charge in [-0.15, -0.1) is 0 Å². The van der Waals surface area contributed by atoms with Crippen LogP contribution >= 0.6 is 15.9 Å². The van der Waals surface area contributed by atoms with Crippen molar-refractivity contribution in [1.29, 1.82) is 0 Å². The molecule has 102 valence electrons. The van der Waals surface area contributed by atoms with Crippen molar-refractivity contribution in [2.45, 2.75) is 4.83 Å². The fraction of sp³-hybridized carbons (Fsp3) is 0.0667. The minimum absolute atomic E-state index is 0.315. The van der Waals surface area contributed by atoms with Crippen LogP contribution in [0.3, 0.4) is 0 Å². The van der Waals surface area contributed by atoms with Crippen LogP contribution in [0.25, 0.3) is 0 Å². The Morgan fingerprint density at radius 3 is 2.05 bits per heavy atom. The molecule has 5 heteroatoms. The summed E-state index contributed by atoms with van der Waals surface area (Å²) in [6, 6.07) is 15.6. The van der Waals surface area contributed by atoms with Crippen LogP contribution in [0.2, 0.25) is 0 Å². The molecule has 0 saturated carbocycles.